The quantitative estimate of drug-likeness (QED) is 0.299. The Morgan fingerprint density at radius 2 is 1.56 bits per heavy atom. The normalized spacial score (nSPS) is 13.3. The molecule has 3 N–H and O–H groups in total. The van der Waals surface area contributed by atoms with Gasteiger partial charge in [-0.05, 0) is 39.5 Å². The molecule has 2 unspecified atom stereocenters. The fourth-order valence-corrected chi connectivity index (χ4v) is 1.98. The third kappa shape index (κ3) is 28.2. The molecule has 0 heterocycles. The largest absolute Gasteiger partial charge is 0.481 e. The number of ether oxygens (including phenoxy) is 1. The lowest BCUT2D eigenvalue weighted by atomic mass is 10.1. The van der Waals surface area contributed by atoms with Crippen LogP contribution in [0.1, 0.15) is 85.0 Å². The average Bonchev–Trinajstić information content (AvgIpc) is 2.57. The first kappa shape index (κ1) is 26.3. The van der Waals surface area contributed by atoms with Crippen molar-refractivity contribution in [2.75, 3.05) is 13.2 Å². The minimum Gasteiger partial charge on any atom is -0.481 e. The lowest BCUT2D eigenvalue weighted by molar-refractivity contribution is -0.137. The number of hydrogen-bond donors (Lipinski definition) is 3. The van der Waals surface area contributed by atoms with Crippen LogP contribution in [0.5, 0.6) is 0 Å². The monoisotopic (exact) mass is 360 g/mol. The van der Waals surface area contributed by atoms with E-state index in [9.17, 15) is 4.79 Å². The molecule has 0 radical (unpaired) electrons. The Hall–Kier alpha value is -0.910. The van der Waals surface area contributed by atoms with E-state index in [-0.39, 0.29) is 12.7 Å². The summed E-state index contributed by atoms with van der Waals surface area (Å²) in [4.78, 5) is 10.3. The van der Waals surface area contributed by atoms with Gasteiger partial charge in [0.1, 0.15) is 0 Å². The second-order valence-electron chi connectivity index (χ2n) is 6.49. The van der Waals surface area contributed by atoms with Crippen molar-refractivity contribution in [2.24, 2.45) is 0 Å². The van der Waals surface area contributed by atoms with E-state index < -0.39 is 12.1 Å². The summed E-state index contributed by atoms with van der Waals surface area (Å²) in [5.74, 6) is -0.668. The molecule has 0 bridgehead atoms. The lowest BCUT2D eigenvalue weighted by Crippen LogP contribution is -2.19. The van der Waals surface area contributed by atoms with Gasteiger partial charge in [-0.3, -0.25) is 4.79 Å². The molecule has 0 saturated carbocycles. The van der Waals surface area contributed by atoms with E-state index in [2.05, 4.69) is 19.1 Å². The van der Waals surface area contributed by atoms with Crippen molar-refractivity contribution in [3.63, 3.8) is 0 Å². The number of hydrogen-bond acceptors (Lipinski definition) is 4. The van der Waals surface area contributed by atoms with E-state index in [4.69, 9.17) is 20.1 Å². The Kier molecular flexibility index (Phi) is 22.2. The van der Waals surface area contributed by atoms with Gasteiger partial charge in [0.05, 0.1) is 25.4 Å². The Labute approximate surface area is 154 Å². The fourth-order valence-electron chi connectivity index (χ4n) is 1.98. The molecule has 0 rings (SSSR count). The van der Waals surface area contributed by atoms with Gasteiger partial charge in [0.25, 0.3) is 0 Å². The summed E-state index contributed by atoms with van der Waals surface area (Å²) in [5, 5.41) is 25.6. The molecule has 0 aliphatic rings. The zero-order valence-electron chi connectivity index (χ0n) is 16.5. The third-order valence-electron chi connectivity index (χ3n) is 3.53. The number of carboxylic acids is 1. The van der Waals surface area contributed by atoms with Crippen LogP contribution in [-0.4, -0.2) is 46.7 Å². The second kappa shape index (κ2) is 21.1. The van der Waals surface area contributed by atoms with Gasteiger partial charge in [0.15, 0.2) is 0 Å². The summed E-state index contributed by atoms with van der Waals surface area (Å²) in [7, 11) is 0. The molecule has 0 fully saturated rings. The molecular formula is C20H40O5. The smallest absolute Gasteiger partial charge is 0.303 e. The maximum Gasteiger partial charge on any atom is 0.303 e. The first-order valence-corrected chi connectivity index (χ1v) is 9.71. The highest BCUT2D eigenvalue weighted by molar-refractivity contribution is 5.66. The number of carboxylic acid groups (broad SMARTS) is 1. The minimum absolute atomic E-state index is 0.00667. The predicted octanol–water partition coefficient (Wildman–Crippen LogP) is 4.31. The van der Waals surface area contributed by atoms with Crippen LogP contribution in [0.25, 0.3) is 0 Å². The maximum absolute atomic E-state index is 10.3. The van der Waals surface area contributed by atoms with Crippen LogP contribution in [-0.2, 0) is 9.53 Å². The van der Waals surface area contributed by atoms with Gasteiger partial charge in [0, 0.05) is 6.42 Å². The van der Waals surface area contributed by atoms with E-state index in [1.807, 2.05) is 0 Å². The Balaban J connectivity index is 0. The second-order valence-corrected chi connectivity index (χ2v) is 6.49. The molecule has 0 aliphatic carbocycles. The van der Waals surface area contributed by atoms with E-state index in [1.165, 1.54) is 44.9 Å². The Morgan fingerprint density at radius 3 is 2.08 bits per heavy atom. The summed E-state index contributed by atoms with van der Waals surface area (Å²) in [5.41, 5.74) is 0. The zero-order chi connectivity index (χ0) is 19.3. The third-order valence-corrected chi connectivity index (χ3v) is 3.53. The van der Waals surface area contributed by atoms with Gasteiger partial charge in [-0.15, -0.1) is 0 Å². The molecule has 5 nitrogen and oxygen atoms in total. The fraction of sp³-hybridized carbons (Fsp3) is 0.850. The molecule has 0 aromatic rings. The molecule has 5 heteroatoms. The van der Waals surface area contributed by atoms with Crippen LogP contribution >= 0.6 is 0 Å². The Morgan fingerprint density at radius 1 is 1.00 bits per heavy atom. The predicted molar refractivity (Wildman–Crippen MR) is 103 cm³/mol. The number of unbranched alkanes of at least 4 members (excludes halogenated alkanes) is 7. The van der Waals surface area contributed by atoms with Crippen molar-refractivity contribution < 1.29 is 24.9 Å². The number of allylic oxidation sites excluding steroid dienone is 2. The molecule has 0 aliphatic heterocycles. The topological polar surface area (TPSA) is 87.0 Å². The van der Waals surface area contributed by atoms with Crippen LogP contribution in [0.15, 0.2) is 12.2 Å². The highest BCUT2D eigenvalue weighted by atomic mass is 16.5. The van der Waals surface area contributed by atoms with Crippen molar-refractivity contribution in [1.29, 1.82) is 0 Å². The zero-order valence-corrected chi connectivity index (χ0v) is 16.5. The standard InChI is InChI=1S/C14H26O2.C6H14O3/c1-2-3-4-5-6-7-8-9-10-11-12-13-14(15)16;1-5(8)4-9-6(2)3-7/h5-6H,2-4,7-13H2,1H3,(H,15,16);5-8H,3-4H2,1-2H3/b6-5-;. The summed E-state index contributed by atoms with van der Waals surface area (Å²) < 4.78 is 4.95. The average molecular weight is 361 g/mol. The van der Waals surface area contributed by atoms with Gasteiger partial charge in [-0.1, -0.05) is 51.2 Å². The maximum atomic E-state index is 10.3. The van der Waals surface area contributed by atoms with Crippen LogP contribution in [0.4, 0.5) is 0 Å². The highest BCUT2D eigenvalue weighted by Gasteiger charge is 2.00. The minimum atomic E-state index is -0.668. The van der Waals surface area contributed by atoms with E-state index in [0.717, 1.165) is 12.8 Å². The lowest BCUT2D eigenvalue weighted by Gasteiger charge is -2.10. The van der Waals surface area contributed by atoms with Crippen LogP contribution in [0, 0.1) is 0 Å². The van der Waals surface area contributed by atoms with Crippen molar-refractivity contribution in [1.82, 2.24) is 0 Å². The number of carbonyl (C=O) groups is 1. The molecule has 0 amide bonds. The van der Waals surface area contributed by atoms with Gasteiger partial charge in [0.2, 0.25) is 0 Å². The molecular weight excluding hydrogens is 320 g/mol. The SMILES string of the molecule is CC(O)COC(C)CO.CCCC/C=C\CCCCCCCC(=O)O. The molecule has 0 aromatic carbocycles. The molecule has 0 aromatic heterocycles. The van der Waals surface area contributed by atoms with Crippen LogP contribution < -0.4 is 0 Å². The van der Waals surface area contributed by atoms with Gasteiger partial charge in [-0.25, -0.2) is 0 Å². The van der Waals surface area contributed by atoms with Crippen LogP contribution in [0.3, 0.4) is 0 Å². The van der Waals surface area contributed by atoms with E-state index in [0.29, 0.717) is 13.0 Å². The molecule has 0 spiro atoms. The van der Waals surface area contributed by atoms with E-state index in [1.54, 1.807) is 13.8 Å². The number of rotatable bonds is 15. The van der Waals surface area contributed by atoms with Crippen molar-refractivity contribution in [3.8, 4) is 0 Å². The van der Waals surface area contributed by atoms with Crippen molar-refractivity contribution >= 4 is 5.97 Å². The molecule has 2 atom stereocenters. The molecule has 150 valence electrons. The Bertz CT molecular complexity index is 302. The number of aliphatic carboxylic acids is 1. The van der Waals surface area contributed by atoms with Gasteiger partial charge >= 0.3 is 5.97 Å². The molecule has 25 heavy (non-hydrogen) atoms. The first-order valence-electron chi connectivity index (χ1n) is 9.71. The van der Waals surface area contributed by atoms with E-state index >= 15 is 0 Å². The highest BCUT2D eigenvalue weighted by Crippen LogP contribution is 2.08. The summed E-state index contributed by atoms with van der Waals surface area (Å²) in [6.45, 7) is 5.91. The molecule has 0 saturated heterocycles. The van der Waals surface area contributed by atoms with Gasteiger partial charge in [-0.2, -0.15) is 0 Å². The number of aliphatic hydroxyl groups excluding tert-OH is 2. The summed E-state index contributed by atoms with van der Waals surface area (Å²) in [6.07, 6.45) is 14.8. The first-order chi connectivity index (χ1) is 11.9. The summed E-state index contributed by atoms with van der Waals surface area (Å²) >= 11 is 0. The van der Waals surface area contributed by atoms with Gasteiger partial charge < -0.3 is 20.1 Å². The van der Waals surface area contributed by atoms with Crippen molar-refractivity contribution in [2.45, 2.75) is 97.2 Å². The number of aliphatic hydroxyl groups is 2. The summed E-state index contributed by atoms with van der Waals surface area (Å²) in [6, 6.07) is 0. The van der Waals surface area contributed by atoms with Crippen molar-refractivity contribution in [3.05, 3.63) is 12.2 Å². The van der Waals surface area contributed by atoms with Crippen LogP contribution in [0.2, 0.25) is 0 Å².